The third-order valence-electron chi connectivity index (χ3n) is 3.26. The molecule has 0 radical (unpaired) electrons. The van der Waals surface area contributed by atoms with Gasteiger partial charge in [-0.15, -0.1) is 0 Å². The lowest BCUT2D eigenvalue weighted by Gasteiger charge is -2.13. The van der Waals surface area contributed by atoms with E-state index in [-0.39, 0.29) is 0 Å². The molecule has 0 spiro atoms. The molecule has 0 bridgehead atoms. The number of benzene rings is 1. The standard InChI is InChI=1S/C16H17N3S2/c1-4-11(3)18-16-19-14(13(9-17)15(20)21-16)12-7-5-10(2)6-8-12/h5-8,11H,4H2,1-3H3,(H,18,19). The zero-order valence-corrected chi connectivity index (χ0v) is 13.9. The Morgan fingerprint density at radius 1 is 1.38 bits per heavy atom. The summed E-state index contributed by atoms with van der Waals surface area (Å²) in [5, 5.41) is 13.5. The Kier molecular flexibility index (Phi) is 5.05. The fourth-order valence-corrected chi connectivity index (χ4v) is 3.01. The number of rotatable bonds is 4. The van der Waals surface area contributed by atoms with Crippen LogP contribution in [0.4, 0.5) is 5.13 Å². The van der Waals surface area contributed by atoms with E-state index in [1.54, 1.807) is 0 Å². The summed E-state index contributed by atoms with van der Waals surface area (Å²) in [5.41, 5.74) is 3.23. The second-order valence-corrected chi connectivity index (χ2v) is 6.63. The summed E-state index contributed by atoms with van der Waals surface area (Å²) in [4.78, 5) is 4.61. The third-order valence-corrected chi connectivity index (χ3v) is 4.51. The number of anilines is 1. The van der Waals surface area contributed by atoms with Crippen LogP contribution in [0.15, 0.2) is 24.3 Å². The van der Waals surface area contributed by atoms with Gasteiger partial charge >= 0.3 is 0 Å². The van der Waals surface area contributed by atoms with Gasteiger partial charge in [0.15, 0.2) is 5.13 Å². The lowest BCUT2D eigenvalue weighted by Crippen LogP contribution is -2.14. The highest BCUT2D eigenvalue weighted by Crippen LogP contribution is 2.28. The van der Waals surface area contributed by atoms with Gasteiger partial charge < -0.3 is 5.32 Å². The number of nitriles is 1. The minimum absolute atomic E-state index is 0.321. The van der Waals surface area contributed by atoms with Crippen LogP contribution in [0.3, 0.4) is 0 Å². The fraction of sp³-hybridized carbons (Fsp3) is 0.312. The van der Waals surface area contributed by atoms with Crippen molar-refractivity contribution in [2.24, 2.45) is 0 Å². The van der Waals surface area contributed by atoms with E-state index in [1.807, 2.05) is 31.2 Å². The molecule has 0 fully saturated rings. The molecule has 0 saturated heterocycles. The maximum atomic E-state index is 9.36. The molecular weight excluding hydrogens is 298 g/mol. The van der Waals surface area contributed by atoms with Crippen LogP contribution in [-0.4, -0.2) is 11.0 Å². The first-order chi connectivity index (χ1) is 10.0. The number of hydrogen-bond donors (Lipinski definition) is 1. The van der Waals surface area contributed by atoms with E-state index in [0.29, 0.717) is 21.1 Å². The molecule has 0 amide bonds. The minimum Gasteiger partial charge on any atom is -0.359 e. The van der Waals surface area contributed by atoms with Crippen molar-refractivity contribution in [3.63, 3.8) is 0 Å². The molecule has 1 N–H and O–H groups in total. The maximum absolute atomic E-state index is 9.36. The van der Waals surface area contributed by atoms with Crippen LogP contribution in [0.5, 0.6) is 0 Å². The fourth-order valence-electron chi connectivity index (χ4n) is 1.81. The monoisotopic (exact) mass is 315 g/mol. The van der Waals surface area contributed by atoms with Crippen molar-refractivity contribution in [2.75, 3.05) is 5.32 Å². The highest BCUT2D eigenvalue weighted by Gasteiger charge is 2.12. The van der Waals surface area contributed by atoms with Crippen molar-refractivity contribution in [2.45, 2.75) is 33.2 Å². The summed E-state index contributed by atoms with van der Waals surface area (Å²) < 4.78 is 0.578. The topological polar surface area (TPSA) is 48.7 Å². The summed E-state index contributed by atoms with van der Waals surface area (Å²) in [5.74, 6) is 0. The first kappa shape index (κ1) is 15.6. The van der Waals surface area contributed by atoms with Crippen molar-refractivity contribution in [1.82, 2.24) is 4.98 Å². The summed E-state index contributed by atoms with van der Waals surface area (Å²) >= 11 is 6.71. The van der Waals surface area contributed by atoms with Gasteiger partial charge in [0, 0.05) is 11.6 Å². The van der Waals surface area contributed by atoms with Gasteiger partial charge in [0.25, 0.3) is 0 Å². The van der Waals surface area contributed by atoms with E-state index in [1.165, 1.54) is 16.9 Å². The number of aryl methyl sites for hydroxylation is 1. The van der Waals surface area contributed by atoms with Crippen LogP contribution in [-0.2, 0) is 0 Å². The SMILES string of the molecule is CCC(C)Nc1nc(-c2ccc(C)cc2)c(C#N)c(=S)s1. The minimum atomic E-state index is 0.321. The molecule has 1 heterocycles. The number of aromatic nitrogens is 1. The van der Waals surface area contributed by atoms with Gasteiger partial charge in [0.2, 0.25) is 0 Å². The van der Waals surface area contributed by atoms with Gasteiger partial charge in [-0.25, -0.2) is 4.98 Å². The molecule has 1 aromatic heterocycles. The third kappa shape index (κ3) is 3.66. The maximum Gasteiger partial charge on any atom is 0.184 e. The van der Waals surface area contributed by atoms with Crippen LogP contribution >= 0.6 is 23.6 Å². The van der Waals surface area contributed by atoms with Gasteiger partial charge in [0.05, 0.1) is 5.69 Å². The lowest BCUT2D eigenvalue weighted by molar-refractivity contribution is 0.762. The average molecular weight is 315 g/mol. The van der Waals surface area contributed by atoms with E-state index in [0.717, 1.165) is 17.1 Å². The van der Waals surface area contributed by atoms with Gasteiger partial charge in [-0.1, -0.05) is 60.3 Å². The Balaban J connectivity index is 2.55. The Bertz CT molecular complexity index is 727. The van der Waals surface area contributed by atoms with E-state index < -0.39 is 0 Å². The quantitative estimate of drug-likeness (QED) is 0.813. The Hall–Kier alpha value is -1.77. The largest absolute Gasteiger partial charge is 0.359 e. The van der Waals surface area contributed by atoms with Crippen molar-refractivity contribution < 1.29 is 0 Å². The predicted molar refractivity (Wildman–Crippen MR) is 91.2 cm³/mol. The lowest BCUT2D eigenvalue weighted by atomic mass is 10.1. The van der Waals surface area contributed by atoms with Crippen LogP contribution in [0.1, 0.15) is 31.4 Å². The molecule has 0 aliphatic rings. The second kappa shape index (κ2) is 6.79. The highest BCUT2D eigenvalue weighted by atomic mass is 32.1. The molecule has 1 atom stereocenters. The molecule has 1 unspecified atom stereocenters. The summed E-state index contributed by atoms with van der Waals surface area (Å²) in [7, 11) is 0. The van der Waals surface area contributed by atoms with Crippen molar-refractivity contribution in [3.8, 4) is 17.3 Å². The molecule has 3 nitrogen and oxygen atoms in total. The molecule has 0 saturated carbocycles. The zero-order valence-electron chi connectivity index (χ0n) is 12.3. The predicted octanol–water partition coefficient (Wildman–Crippen LogP) is 4.93. The Labute approximate surface area is 134 Å². The van der Waals surface area contributed by atoms with Crippen LogP contribution in [0, 0.1) is 22.1 Å². The van der Waals surface area contributed by atoms with Gasteiger partial charge in [0.1, 0.15) is 15.5 Å². The van der Waals surface area contributed by atoms with Gasteiger partial charge in [-0.05, 0) is 20.3 Å². The van der Waals surface area contributed by atoms with Gasteiger partial charge in [-0.2, -0.15) is 5.26 Å². The van der Waals surface area contributed by atoms with Crippen LogP contribution in [0.2, 0.25) is 0 Å². The van der Waals surface area contributed by atoms with Crippen molar-refractivity contribution in [3.05, 3.63) is 39.2 Å². The molecule has 0 aliphatic heterocycles. The highest BCUT2D eigenvalue weighted by molar-refractivity contribution is 7.73. The average Bonchev–Trinajstić information content (AvgIpc) is 2.47. The molecular formula is C16H17N3S2. The molecule has 108 valence electrons. The first-order valence-corrected chi connectivity index (χ1v) is 8.06. The summed E-state index contributed by atoms with van der Waals surface area (Å²) in [6.45, 7) is 6.24. The first-order valence-electron chi connectivity index (χ1n) is 6.84. The number of hydrogen-bond acceptors (Lipinski definition) is 5. The Morgan fingerprint density at radius 3 is 2.62 bits per heavy atom. The number of nitrogens with one attached hydrogen (secondary N) is 1. The van der Waals surface area contributed by atoms with Gasteiger partial charge in [-0.3, -0.25) is 0 Å². The molecule has 5 heteroatoms. The zero-order chi connectivity index (χ0) is 15.4. The normalized spacial score (nSPS) is 11.7. The van der Waals surface area contributed by atoms with E-state index in [2.05, 4.69) is 30.2 Å². The smallest absolute Gasteiger partial charge is 0.184 e. The van der Waals surface area contributed by atoms with Crippen LogP contribution < -0.4 is 5.32 Å². The molecule has 2 aromatic rings. The summed E-state index contributed by atoms with van der Waals surface area (Å²) in [6.07, 6.45) is 1.00. The van der Waals surface area contributed by atoms with E-state index in [9.17, 15) is 5.26 Å². The van der Waals surface area contributed by atoms with Crippen molar-refractivity contribution >= 4 is 28.7 Å². The Morgan fingerprint density at radius 2 is 2.05 bits per heavy atom. The molecule has 21 heavy (non-hydrogen) atoms. The van der Waals surface area contributed by atoms with Crippen molar-refractivity contribution in [1.29, 1.82) is 5.26 Å². The van der Waals surface area contributed by atoms with E-state index in [4.69, 9.17) is 12.2 Å². The molecule has 0 aliphatic carbocycles. The number of nitrogens with zero attached hydrogens (tertiary/aromatic N) is 2. The molecule has 2 rings (SSSR count). The van der Waals surface area contributed by atoms with E-state index >= 15 is 0 Å². The second-order valence-electron chi connectivity index (χ2n) is 4.96. The molecule has 1 aromatic carbocycles. The summed E-state index contributed by atoms with van der Waals surface area (Å²) in [6, 6.07) is 10.5. The van der Waals surface area contributed by atoms with Crippen LogP contribution in [0.25, 0.3) is 11.3 Å².